The summed E-state index contributed by atoms with van der Waals surface area (Å²) in [6.45, 7) is 8.05. The smallest absolute Gasteiger partial charge is 0.105 e. The molecule has 1 aliphatic carbocycles. The number of likely N-dealkylation sites (tertiary alicyclic amines) is 1. The van der Waals surface area contributed by atoms with E-state index in [9.17, 15) is 0 Å². The number of nitrogens with zero attached hydrogens (tertiary/aromatic N) is 1. The van der Waals surface area contributed by atoms with Gasteiger partial charge in [-0.15, -0.1) is 0 Å². The van der Waals surface area contributed by atoms with Crippen LogP contribution in [-0.4, -0.2) is 44.1 Å². The van der Waals surface area contributed by atoms with Crippen LogP contribution in [-0.2, 0) is 4.74 Å². The number of rotatable bonds is 3. The van der Waals surface area contributed by atoms with Crippen LogP contribution in [0, 0.1) is 5.92 Å². The maximum Gasteiger partial charge on any atom is 0.105 e. The van der Waals surface area contributed by atoms with E-state index in [0.29, 0.717) is 6.04 Å². The first-order chi connectivity index (χ1) is 9.49. The number of piperidine rings is 1. The quantitative estimate of drug-likeness (QED) is 0.735. The van der Waals surface area contributed by atoms with Crippen LogP contribution in [0.5, 0.6) is 0 Å². The van der Waals surface area contributed by atoms with E-state index < -0.39 is 0 Å². The molecular formula is C17H34BNO. The summed E-state index contributed by atoms with van der Waals surface area (Å²) in [6.07, 6.45) is 9.82. The van der Waals surface area contributed by atoms with E-state index in [0.717, 1.165) is 24.4 Å². The molecule has 2 aliphatic rings. The lowest BCUT2D eigenvalue weighted by molar-refractivity contribution is -0.0848. The summed E-state index contributed by atoms with van der Waals surface area (Å²) in [6, 6.07) is 1.40. The summed E-state index contributed by atoms with van der Waals surface area (Å²) in [5.41, 5.74) is 0.239. The van der Waals surface area contributed by atoms with E-state index in [1.807, 2.05) is 7.11 Å². The first-order valence-electron chi connectivity index (χ1n) is 8.77. The highest BCUT2D eigenvalue weighted by molar-refractivity contribution is 6.11. The van der Waals surface area contributed by atoms with Gasteiger partial charge in [0, 0.05) is 24.7 Å². The van der Waals surface area contributed by atoms with Crippen LogP contribution in [0.3, 0.4) is 0 Å². The van der Waals surface area contributed by atoms with Gasteiger partial charge < -0.3 is 4.74 Å². The summed E-state index contributed by atoms with van der Waals surface area (Å²) in [5, 5.41) is 0. The van der Waals surface area contributed by atoms with Crippen molar-refractivity contribution in [3.63, 3.8) is 0 Å². The SMILES string of the molecule is BC1CCCCCC2C1CCC(C)(COC)N2C(C)C. The molecule has 116 valence electrons. The van der Waals surface area contributed by atoms with Crippen molar-refractivity contribution in [1.82, 2.24) is 4.90 Å². The van der Waals surface area contributed by atoms with E-state index in [4.69, 9.17) is 4.74 Å². The average Bonchev–Trinajstić information content (AvgIpc) is 2.35. The zero-order chi connectivity index (χ0) is 14.8. The molecule has 1 saturated heterocycles. The second-order valence-corrected chi connectivity index (χ2v) is 7.82. The van der Waals surface area contributed by atoms with Gasteiger partial charge in [0.1, 0.15) is 7.85 Å². The fraction of sp³-hybridized carbons (Fsp3) is 1.00. The zero-order valence-electron chi connectivity index (χ0n) is 14.3. The Morgan fingerprint density at radius 3 is 2.55 bits per heavy atom. The van der Waals surface area contributed by atoms with Crippen molar-refractivity contribution in [1.29, 1.82) is 0 Å². The van der Waals surface area contributed by atoms with Crippen molar-refractivity contribution in [2.45, 2.75) is 89.2 Å². The maximum absolute atomic E-state index is 5.59. The predicted octanol–water partition coefficient (Wildman–Crippen LogP) is 3.27. The molecule has 0 aromatic carbocycles. The molecule has 4 atom stereocenters. The van der Waals surface area contributed by atoms with Gasteiger partial charge in [-0.05, 0) is 46.0 Å². The number of hydrogen-bond donors (Lipinski definition) is 0. The molecule has 0 N–H and O–H groups in total. The van der Waals surface area contributed by atoms with Gasteiger partial charge in [0.2, 0.25) is 0 Å². The molecule has 0 aromatic heterocycles. The molecule has 20 heavy (non-hydrogen) atoms. The fourth-order valence-corrected chi connectivity index (χ4v) is 5.10. The molecule has 3 heteroatoms. The van der Waals surface area contributed by atoms with Crippen LogP contribution < -0.4 is 0 Å². The van der Waals surface area contributed by atoms with Crippen molar-refractivity contribution in [2.75, 3.05) is 13.7 Å². The van der Waals surface area contributed by atoms with Crippen LogP contribution in [0.15, 0.2) is 0 Å². The standard InChI is InChI=1S/C17H34BNO/c1-13(2)19-16-9-7-5-6-8-15(18)14(16)10-11-17(19,3)12-20-4/h13-16H,5-12,18H2,1-4H3. The summed E-state index contributed by atoms with van der Waals surface area (Å²) in [5.74, 6) is 1.80. The molecule has 2 fully saturated rings. The third-order valence-electron chi connectivity index (χ3n) is 5.89. The van der Waals surface area contributed by atoms with Crippen molar-refractivity contribution < 1.29 is 4.74 Å². The van der Waals surface area contributed by atoms with E-state index in [1.165, 1.54) is 44.9 Å². The molecule has 2 nitrogen and oxygen atoms in total. The van der Waals surface area contributed by atoms with Crippen LogP contribution in [0.4, 0.5) is 0 Å². The molecule has 4 unspecified atom stereocenters. The Morgan fingerprint density at radius 1 is 1.20 bits per heavy atom. The largest absolute Gasteiger partial charge is 0.383 e. The molecule has 0 bridgehead atoms. The van der Waals surface area contributed by atoms with Crippen LogP contribution in [0.25, 0.3) is 0 Å². The minimum absolute atomic E-state index is 0.239. The summed E-state index contributed by atoms with van der Waals surface area (Å²) < 4.78 is 5.59. The normalized spacial score (nSPS) is 40.1. The van der Waals surface area contributed by atoms with E-state index in [2.05, 4.69) is 33.5 Å². The molecule has 1 saturated carbocycles. The molecule has 1 heterocycles. The Morgan fingerprint density at radius 2 is 1.90 bits per heavy atom. The third kappa shape index (κ3) is 3.25. The second kappa shape index (κ2) is 6.83. The van der Waals surface area contributed by atoms with Crippen molar-refractivity contribution >= 4 is 7.85 Å². The highest BCUT2D eigenvalue weighted by Gasteiger charge is 2.46. The molecule has 0 amide bonds. The van der Waals surface area contributed by atoms with Crippen molar-refractivity contribution in [2.24, 2.45) is 5.92 Å². The van der Waals surface area contributed by atoms with Gasteiger partial charge >= 0.3 is 0 Å². The molecule has 1 aliphatic heterocycles. The Kier molecular flexibility index (Phi) is 5.59. The average molecular weight is 279 g/mol. The topological polar surface area (TPSA) is 12.5 Å². The minimum Gasteiger partial charge on any atom is -0.383 e. The Labute approximate surface area is 127 Å². The summed E-state index contributed by atoms with van der Waals surface area (Å²) in [4.78, 5) is 2.83. The highest BCUT2D eigenvalue weighted by atomic mass is 16.5. The van der Waals surface area contributed by atoms with Gasteiger partial charge in [-0.25, -0.2) is 0 Å². The highest BCUT2D eigenvalue weighted by Crippen LogP contribution is 2.45. The number of methoxy groups -OCH3 is 1. The minimum atomic E-state index is 0.239. The van der Waals surface area contributed by atoms with Gasteiger partial charge in [0.25, 0.3) is 0 Å². The number of ether oxygens (including phenoxy) is 1. The first-order valence-corrected chi connectivity index (χ1v) is 8.77. The van der Waals surface area contributed by atoms with Gasteiger partial charge in [-0.2, -0.15) is 0 Å². The fourth-order valence-electron chi connectivity index (χ4n) is 5.10. The monoisotopic (exact) mass is 279 g/mol. The van der Waals surface area contributed by atoms with Crippen LogP contribution >= 0.6 is 0 Å². The van der Waals surface area contributed by atoms with Crippen molar-refractivity contribution in [3.05, 3.63) is 0 Å². The predicted molar refractivity (Wildman–Crippen MR) is 89.1 cm³/mol. The summed E-state index contributed by atoms with van der Waals surface area (Å²) >= 11 is 0. The molecular weight excluding hydrogens is 245 g/mol. The Bertz CT molecular complexity index is 309. The van der Waals surface area contributed by atoms with Gasteiger partial charge in [-0.3, -0.25) is 4.90 Å². The van der Waals surface area contributed by atoms with E-state index >= 15 is 0 Å². The van der Waals surface area contributed by atoms with E-state index in [-0.39, 0.29) is 5.54 Å². The molecule has 2 rings (SSSR count). The number of hydrogen-bond acceptors (Lipinski definition) is 2. The van der Waals surface area contributed by atoms with E-state index in [1.54, 1.807) is 0 Å². The lowest BCUT2D eigenvalue weighted by Gasteiger charge is -2.56. The first kappa shape index (κ1) is 16.4. The van der Waals surface area contributed by atoms with Crippen molar-refractivity contribution in [3.8, 4) is 0 Å². The van der Waals surface area contributed by atoms with Gasteiger partial charge in [0.05, 0.1) is 6.61 Å². The Hall–Kier alpha value is -0.0151. The molecule has 0 radical (unpaired) electrons. The lowest BCUT2D eigenvalue weighted by atomic mass is 9.62. The van der Waals surface area contributed by atoms with Gasteiger partial charge in [0.15, 0.2) is 0 Å². The third-order valence-corrected chi connectivity index (χ3v) is 5.89. The summed E-state index contributed by atoms with van der Waals surface area (Å²) in [7, 11) is 4.36. The number of fused-ring (bicyclic) bond motifs is 1. The van der Waals surface area contributed by atoms with Crippen LogP contribution in [0.1, 0.15) is 65.7 Å². The van der Waals surface area contributed by atoms with Crippen LogP contribution in [0.2, 0.25) is 5.82 Å². The zero-order valence-corrected chi connectivity index (χ0v) is 14.3. The lowest BCUT2D eigenvalue weighted by Crippen LogP contribution is -2.63. The maximum atomic E-state index is 5.59. The Balaban J connectivity index is 2.25. The molecule has 0 aromatic rings. The van der Waals surface area contributed by atoms with Gasteiger partial charge in [-0.1, -0.05) is 31.5 Å². The molecule has 0 spiro atoms. The second-order valence-electron chi connectivity index (χ2n) is 7.82.